The molecular weight excluding hydrogens is 630 g/mol. The standard InChI is InChI=1S/C33H44BrN3O7/c1-4-7-12-17-36(16-6-3)31(41)29-33-20-23(34)28(44-33)26(27(33)30(40)37(29)18-19-38)32(42)43-24(22-13-10-9-11-14-22)21-35-25(39)15-8-5-2/h5-6,9-11,13-14,23-24,26-29,38H,2-4,7-8,12,15-21H2,1H3,(H,35,39)/t23?,24-,26+,27-,28+,29+,33-/m0/s1. The number of nitrogens with one attached hydrogen (secondary N) is 1. The Kier molecular flexibility index (Phi) is 11.8. The van der Waals surface area contributed by atoms with E-state index in [1.165, 1.54) is 4.90 Å². The van der Waals surface area contributed by atoms with Crippen LogP contribution >= 0.6 is 15.9 Å². The number of allylic oxidation sites excluding steroid dienone is 1. The molecule has 11 heteroatoms. The van der Waals surface area contributed by atoms with Crippen LogP contribution in [-0.2, 0) is 28.7 Å². The Balaban J connectivity index is 1.62. The zero-order chi connectivity index (χ0) is 31.9. The maximum atomic E-state index is 14.2. The van der Waals surface area contributed by atoms with Gasteiger partial charge in [-0.1, -0.05) is 78.2 Å². The van der Waals surface area contributed by atoms with E-state index in [0.717, 1.165) is 19.3 Å². The van der Waals surface area contributed by atoms with Gasteiger partial charge in [0.25, 0.3) is 0 Å². The smallest absolute Gasteiger partial charge is 0.313 e. The van der Waals surface area contributed by atoms with Crippen LogP contribution in [0.3, 0.4) is 0 Å². The lowest BCUT2D eigenvalue weighted by Gasteiger charge is -2.37. The fourth-order valence-electron chi connectivity index (χ4n) is 6.84. The molecule has 1 spiro atoms. The Bertz CT molecular complexity index is 1210. The summed E-state index contributed by atoms with van der Waals surface area (Å²) in [6.07, 6.45) is 5.72. The van der Waals surface area contributed by atoms with Gasteiger partial charge in [-0.25, -0.2) is 0 Å². The number of benzene rings is 1. The van der Waals surface area contributed by atoms with Crippen molar-refractivity contribution in [2.24, 2.45) is 11.8 Å². The summed E-state index contributed by atoms with van der Waals surface area (Å²) in [5.74, 6) is -3.42. The first-order valence-electron chi connectivity index (χ1n) is 15.5. The molecule has 44 heavy (non-hydrogen) atoms. The molecule has 2 bridgehead atoms. The van der Waals surface area contributed by atoms with Gasteiger partial charge in [0, 0.05) is 30.9 Å². The Morgan fingerprint density at radius 3 is 2.66 bits per heavy atom. The van der Waals surface area contributed by atoms with Gasteiger partial charge in [-0.3, -0.25) is 19.2 Å². The SMILES string of the molecule is C=CCCC(=O)NC[C@H](OC(=O)[C@H]1[C@@H]2O[C@@]3(CC2Br)[C@@H]1C(=O)N(CCO)[C@@H]3C(=O)N(CC=C)CCCCC)c1ccccc1. The number of esters is 1. The summed E-state index contributed by atoms with van der Waals surface area (Å²) in [5.41, 5.74) is -0.559. The molecule has 240 valence electrons. The number of halogens is 1. The van der Waals surface area contributed by atoms with Crippen molar-refractivity contribution in [2.75, 3.05) is 32.8 Å². The van der Waals surface area contributed by atoms with Gasteiger partial charge in [-0.15, -0.1) is 13.2 Å². The highest BCUT2D eigenvalue weighted by molar-refractivity contribution is 9.09. The third-order valence-electron chi connectivity index (χ3n) is 8.82. The Labute approximate surface area is 267 Å². The van der Waals surface area contributed by atoms with Crippen molar-refractivity contribution in [3.05, 3.63) is 61.2 Å². The van der Waals surface area contributed by atoms with Gasteiger partial charge in [0.15, 0.2) is 0 Å². The number of aliphatic hydroxyl groups excluding tert-OH is 1. The summed E-state index contributed by atoms with van der Waals surface area (Å²) in [7, 11) is 0. The highest BCUT2D eigenvalue weighted by Crippen LogP contribution is 2.60. The van der Waals surface area contributed by atoms with Crippen LogP contribution in [-0.4, -0.2) is 94.0 Å². The van der Waals surface area contributed by atoms with Crippen LogP contribution in [0, 0.1) is 11.8 Å². The second kappa shape index (κ2) is 15.3. The number of carbonyl (C=O) groups is 4. The summed E-state index contributed by atoms with van der Waals surface area (Å²) >= 11 is 3.68. The molecule has 7 atom stereocenters. The van der Waals surface area contributed by atoms with Crippen molar-refractivity contribution >= 4 is 39.6 Å². The number of rotatable bonds is 17. The molecule has 10 nitrogen and oxygen atoms in total. The summed E-state index contributed by atoms with van der Waals surface area (Å²) in [4.78, 5) is 57.4. The molecule has 3 aliphatic rings. The van der Waals surface area contributed by atoms with Gasteiger partial charge < -0.3 is 29.7 Å². The largest absolute Gasteiger partial charge is 0.455 e. The molecule has 3 amide bonds. The predicted molar refractivity (Wildman–Crippen MR) is 169 cm³/mol. The lowest BCUT2D eigenvalue weighted by molar-refractivity contribution is -0.160. The molecule has 1 unspecified atom stereocenters. The Hall–Kier alpha value is -3.02. The Morgan fingerprint density at radius 2 is 2.00 bits per heavy atom. The summed E-state index contributed by atoms with van der Waals surface area (Å²) in [5, 5.41) is 12.7. The van der Waals surface area contributed by atoms with Gasteiger partial charge in [-0.2, -0.15) is 0 Å². The molecule has 3 fully saturated rings. The van der Waals surface area contributed by atoms with Gasteiger partial charge in [-0.05, 0) is 24.8 Å². The number of alkyl halides is 1. The maximum Gasteiger partial charge on any atom is 0.313 e. The lowest BCUT2D eigenvalue weighted by Crippen LogP contribution is -2.57. The van der Waals surface area contributed by atoms with E-state index in [0.29, 0.717) is 31.5 Å². The molecule has 0 aliphatic carbocycles. The minimum atomic E-state index is -1.25. The second-order valence-electron chi connectivity index (χ2n) is 11.7. The highest BCUT2D eigenvalue weighted by atomic mass is 79.9. The van der Waals surface area contributed by atoms with Gasteiger partial charge in [0.05, 0.1) is 31.1 Å². The molecule has 4 rings (SSSR count). The number of amides is 3. The number of aliphatic hydroxyl groups is 1. The van der Waals surface area contributed by atoms with Crippen molar-refractivity contribution < 1.29 is 33.8 Å². The number of ether oxygens (including phenoxy) is 2. The van der Waals surface area contributed by atoms with Crippen LogP contribution in [0.5, 0.6) is 0 Å². The van der Waals surface area contributed by atoms with E-state index in [9.17, 15) is 24.3 Å². The first kappa shape index (κ1) is 33.9. The molecule has 3 aliphatic heterocycles. The van der Waals surface area contributed by atoms with E-state index >= 15 is 0 Å². The van der Waals surface area contributed by atoms with Crippen LogP contribution in [0.15, 0.2) is 55.6 Å². The molecule has 0 radical (unpaired) electrons. The number of nitrogens with zero attached hydrogens (tertiary/aromatic N) is 2. The van der Waals surface area contributed by atoms with Gasteiger partial charge in [0.1, 0.15) is 17.7 Å². The third-order valence-corrected chi connectivity index (χ3v) is 9.66. The molecule has 0 saturated carbocycles. The molecular formula is C33H44BrN3O7. The molecule has 0 aromatic heterocycles. The lowest BCUT2D eigenvalue weighted by atomic mass is 9.70. The van der Waals surface area contributed by atoms with Crippen molar-refractivity contribution in [3.63, 3.8) is 0 Å². The van der Waals surface area contributed by atoms with Crippen molar-refractivity contribution in [1.29, 1.82) is 0 Å². The Morgan fingerprint density at radius 1 is 1.25 bits per heavy atom. The van der Waals surface area contributed by atoms with E-state index < -0.39 is 47.6 Å². The number of fused-ring (bicyclic) bond motifs is 1. The van der Waals surface area contributed by atoms with Crippen molar-refractivity contribution in [2.45, 2.75) is 74.1 Å². The fourth-order valence-corrected chi connectivity index (χ4v) is 7.78. The van der Waals surface area contributed by atoms with E-state index in [2.05, 4.69) is 41.3 Å². The normalized spacial score (nSPS) is 27.5. The third kappa shape index (κ3) is 6.79. The molecule has 1 aromatic carbocycles. The molecule has 2 N–H and O–H groups in total. The zero-order valence-corrected chi connectivity index (χ0v) is 27.0. The predicted octanol–water partition coefficient (Wildman–Crippen LogP) is 3.30. The summed E-state index contributed by atoms with van der Waals surface area (Å²) < 4.78 is 12.6. The number of carbonyl (C=O) groups excluding carboxylic acids is 4. The van der Waals surface area contributed by atoms with Gasteiger partial charge >= 0.3 is 5.97 Å². The first-order chi connectivity index (χ1) is 21.2. The summed E-state index contributed by atoms with van der Waals surface area (Å²) in [6.45, 7) is 10.0. The van der Waals surface area contributed by atoms with Crippen LogP contribution in [0.25, 0.3) is 0 Å². The van der Waals surface area contributed by atoms with Crippen LogP contribution in [0.1, 0.15) is 57.1 Å². The van der Waals surface area contributed by atoms with Crippen LogP contribution < -0.4 is 5.32 Å². The number of β-amino-alcohol motifs (C(OH)–C–C–N with tert-alkyl or cyclic N) is 1. The number of unbranched alkanes of at least 4 members (excludes halogenated alkanes) is 2. The average Bonchev–Trinajstić information content (AvgIpc) is 3.61. The van der Waals surface area contributed by atoms with Gasteiger partial charge in [0.2, 0.25) is 17.7 Å². The summed E-state index contributed by atoms with van der Waals surface area (Å²) in [6, 6.07) is 8.11. The van der Waals surface area contributed by atoms with Crippen molar-refractivity contribution in [1.82, 2.24) is 15.1 Å². The van der Waals surface area contributed by atoms with E-state index in [1.54, 1.807) is 17.1 Å². The quantitative estimate of drug-likeness (QED) is 0.113. The van der Waals surface area contributed by atoms with E-state index in [4.69, 9.17) is 9.47 Å². The maximum absolute atomic E-state index is 14.2. The monoisotopic (exact) mass is 673 g/mol. The highest BCUT2D eigenvalue weighted by Gasteiger charge is 2.77. The molecule has 1 aromatic rings. The number of likely N-dealkylation sites (tertiary alicyclic amines) is 1. The topological polar surface area (TPSA) is 125 Å². The minimum Gasteiger partial charge on any atom is -0.455 e. The minimum absolute atomic E-state index is 0.0531. The molecule has 3 heterocycles. The number of hydrogen-bond donors (Lipinski definition) is 2. The van der Waals surface area contributed by atoms with Crippen LogP contribution in [0.4, 0.5) is 0 Å². The van der Waals surface area contributed by atoms with E-state index in [-0.39, 0.29) is 42.8 Å². The van der Waals surface area contributed by atoms with Crippen LogP contribution in [0.2, 0.25) is 0 Å². The fraction of sp³-hybridized carbons (Fsp3) is 0.576. The zero-order valence-electron chi connectivity index (χ0n) is 25.4. The van der Waals surface area contributed by atoms with Crippen molar-refractivity contribution in [3.8, 4) is 0 Å². The average molecular weight is 675 g/mol. The second-order valence-corrected chi connectivity index (χ2v) is 12.8. The number of hydrogen-bond acceptors (Lipinski definition) is 7. The van der Waals surface area contributed by atoms with E-state index in [1.807, 2.05) is 30.3 Å². The molecule has 3 saturated heterocycles. The first-order valence-corrected chi connectivity index (χ1v) is 16.4.